The molecular weight excluding hydrogens is 412 g/mol. The first-order valence-corrected chi connectivity index (χ1v) is 10.9. The predicted molar refractivity (Wildman–Crippen MR) is 114 cm³/mol. The Morgan fingerprint density at radius 2 is 1.69 bits per heavy atom. The van der Waals surface area contributed by atoms with Crippen molar-refractivity contribution in [2.24, 2.45) is 0 Å². The molecule has 0 radical (unpaired) electrons. The van der Waals surface area contributed by atoms with Gasteiger partial charge in [0.15, 0.2) is 0 Å². The van der Waals surface area contributed by atoms with Gasteiger partial charge in [-0.05, 0) is 48.0 Å². The molecule has 3 aromatic carbocycles. The second kappa shape index (κ2) is 8.98. The van der Waals surface area contributed by atoms with Crippen molar-refractivity contribution in [2.75, 3.05) is 11.0 Å². The molecule has 6 nitrogen and oxygen atoms in total. The van der Waals surface area contributed by atoms with Gasteiger partial charge in [-0.15, -0.1) is 0 Å². The van der Waals surface area contributed by atoms with E-state index in [1.165, 1.54) is 18.2 Å². The van der Waals surface area contributed by atoms with Crippen LogP contribution >= 0.6 is 11.6 Å². The molecule has 2 N–H and O–H groups in total. The number of ether oxygens (including phenoxy) is 1. The first-order valence-electron chi connectivity index (χ1n) is 8.67. The summed E-state index contributed by atoms with van der Waals surface area (Å²) in [6.45, 7) is 0.280. The lowest BCUT2D eigenvalue weighted by atomic mass is 10.1. The lowest BCUT2D eigenvalue weighted by molar-refractivity contribution is 0.0951. The average molecular weight is 431 g/mol. The van der Waals surface area contributed by atoms with Gasteiger partial charge in [0.2, 0.25) is 10.0 Å². The van der Waals surface area contributed by atoms with Gasteiger partial charge in [0.25, 0.3) is 5.91 Å². The highest BCUT2D eigenvalue weighted by atomic mass is 35.5. The van der Waals surface area contributed by atoms with Crippen molar-refractivity contribution in [3.05, 3.63) is 88.9 Å². The number of anilines is 1. The van der Waals surface area contributed by atoms with Crippen LogP contribution in [0.3, 0.4) is 0 Å². The summed E-state index contributed by atoms with van der Waals surface area (Å²) in [7, 11) is -3.51. The monoisotopic (exact) mass is 430 g/mol. The maximum atomic E-state index is 12.5. The number of hydrogen-bond donors (Lipinski definition) is 2. The molecule has 0 spiro atoms. The Bertz CT molecular complexity index is 1120. The van der Waals surface area contributed by atoms with Crippen LogP contribution in [0.4, 0.5) is 5.69 Å². The highest BCUT2D eigenvalue weighted by Gasteiger charge is 2.12. The first-order chi connectivity index (χ1) is 13.8. The molecule has 0 aliphatic carbocycles. The second-order valence-corrected chi connectivity index (χ2v) is 8.47. The van der Waals surface area contributed by atoms with Gasteiger partial charge in [0, 0.05) is 12.1 Å². The fourth-order valence-electron chi connectivity index (χ4n) is 2.57. The maximum absolute atomic E-state index is 12.5. The summed E-state index contributed by atoms with van der Waals surface area (Å²) in [5.74, 6) is 1.03. The van der Waals surface area contributed by atoms with Gasteiger partial charge in [-0.2, -0.15) is 0 Å². The zero-order chi connectivity index (χ0) is 20.9. The average Bonchev–Trinajstić information content (AvgIpc) is 2.68. The van der Waals surface area contributed by atoms with Gasteiger partial charge >= 0.3 is 0 Å². The SMILES string of the molecule is CS(=O)(=O)Nc1cc(C(=O)NCc2cccc(Oc3ccccc3)c2)ccc1Cl. The summed E-state index contributed by atoms with van der Waals surface area (Å²) < 4.78 is 30.9. The third-order valence-corrected chi connectivity index (χ3v) is 4.77. The molecule has 0 unspecified atom stereocenters. The Morgan fingerprint density at radius 1 is 0.966 bits per heavy atom. The number of carbonyl (C=O) groups excluding carboxylic acids is 1. The van der Waals surface area contributed by atoms with Crippen molar-refractivity contribution in [3.8, 4) is 11.5 Å². The van der Waals surface area contributed by atoms with Gasteiger partial charge in [-0.3, -0.25) is 9.52 Å². The number of sulfonamides is 1. The van der Waals surface area contributed by atoms with E-state index in [-0.39, 0.29) is 28.7 Å². The molecule has 1 amide bonds. The largest absolute Gasteiger partial charge is 0.457 e. The van der Waals surface area contributed by atoms with Crippen LogP contribution in [0.5, 0.6) is 11.5 Å². The fraction of sp³-hybridized carbons (Fsp3) is 0.0952. The van der Waals surface area contributed by atoms with Crippen molar-refractivity contribution in [3.63, 3.8) is 0 Å². The highest BCUT2D eigenvalue weighted by Crippen LogP contribution is 2.24. The molecule has 3 aromatic rings. The Labute approximate surface area is 174 Å². The second-order valence-electron chi connectivity index (χ2n) is 6.31. The summed E-state index contributed by atoms with van der Waals surface area (Å²) >= 11 is 5.99. The molecule has 0 saturated carbocycles. The standard InChI is InChI=1S/C21H19ClN2O4S/c1-29(26,27)24-20-13-16(10-11-19(20)22)21(25)23-14-15-6-5-9-18(12-15)28-17-7-3-2-4-8-17/h2-13,24H,14H2,1H3,(H,23,25). The van der Waals surface area contributed by atoms with E-state index in [4.69, 9.17) is 16.3 Å². The molecule has 0 heterocycles. The van der Waals surface area contributed by atoms with Crippen molar-refractivity contribution in [1.29, 1.82) is 0 Å². The van der Waals surface area contributed by atoms with E-state index in [9.17, 15) is 13.2 Å². The summed E-state index contributed by atoms with van der Waals surface area (Å²) in [6.07, 6.45) is 1.01. The number of nitrogens with one attached hydrogen (secondary N) is 2. The van der Waals surface area contributed by atoms with Crippen LogP contribution < -0.4 is 14.8 Å². The van der Waals surface area contributed by atoms with Crippen LogP contribution in [0.15, 0.2) is 72.8 Å². The van der Waals surface area contributed by atoms with E-state index in [0.717, 1.165) is 17.6 Å². The molecule has 29 heavy (non-hydrogen) atoms. The number of rotatable bonds is 7. The van der Waals surface area contributed by atoms with E-state index in [1.807, 2.05) is 54.6 Å². The number of carbonyl (C=O) groups is 1. The normalized spacial score (nSPS) is 11.0. The van der Waals surface area contributed by atoms with Crippen molar-refractivity contribution < 1.29 is 17.9 Å². The number of hydrogen-bond acceptors (Lipinski definition) is 4. The third kappa shape index (κ3) is 6.23. The van der Waals surface area contributed by atoms with E-state index >= 15 is 0 Å². The summed E-state index contributed by atoms with van der Waals surface area (Å²) in [5.41, 5.74) is 1.30. The molecule has 8 heteroatoms. The van der Waals surface area contributed by atoms with E-state index in [0.29, 0.717) is 5.75 Å². The van der Waals surface area contributed by atoms with Crippen LogP contribution in [-0.2, 0) is 16.6 Å². The topological polar surface area (TPSA) is 84.5 Å². The zero-order valence-electron chi connectivity index (χ0n) is 15.6. The van der Waals surface area contributed by atoms with Gasteiger partial charge in [0.1, 0.15) is 11.5 Å². The molecule has 150 valence electrons. The minimum atomic E-state index is -3.51. The first kappa shape index (κ1) is 20.7. The Balaban J connectivity index is 1.66. The highest BCUT2D eigenvalue weighted by molar-refractivity contribution is 7.92. The van der Waals surface area contributed by atoms with Gasteiger partial charge < -0.3 is 10.1 Å². The fourth-order valence-corrected chi connectivity index (χ4v) is 3.36. The maximum Gasteiger partial charge on any atom is 0.251 e. The predicted octanol–water partition coefficient (Wildman–Crippen LogP) is 4.43. The molecule has 0 saturated heterocycles. The summed E-state index contributed by atoms with van der Waals surface area (Å²) in [6, 6.07) is 21.2. The van der Waals surface area contributed by atoms with Crippen LogP contribution in [0, 0.1) is 0 Å². The molecular formula is C21H19ClN2O4S. The Hall–Kier alpha value is -3.03. The minimum absolute atomic E-state index is 0.153. The number of para-hydroxylation sites is 1. The number of halogens is 1. The molecule has 3 rings (SSSR count). The number of amides is 1. The van der Waals surface area contributed by atoms with Crippen LogP contribution in [-0.4, -0.2) is 20.6 Å². The van der Waals surface area contributed by atoms with Crippen LogP contribution in [0.2, 0.25) is 5.02 Å². The third-order valence-electron chi connectivity index (χ3n) is 3.85. The Morgan fingerprint density at radius 3 is 2.41 bits per heavy atom. The van der Waals surface area contributed by atoms with E-state index in [2.05, 4.69) is 10.0 Å². The van der Waals surface area contributed by atoms with Crippen molar-refractivity contribution in [2.45, 2.75) is 6.54 Å². The Kier molecular flexibility index (Phi) is 6.41. The van der Waals surface area contributed by atoms with E-state index < -0.39 is 10.0 Å². The summed E-state index contributed by atoms with van der Waals surface area (Å²) in [5, 5.41) is 3.01. The summed E-state index contributed by atoms with van der Waals surface area (Å²) in [4.78, 5) is 12.5. The molecule has 0 aliphatic rings. The molecule has 0 aromatic heterocycles. The van der Waals surface area contributed by atoms with Gasteiger partial charge in [-0.1, -0.05) is 41.9 Å². The quantitative estimate of drug-likeness (QED) is 0.580. The molecule has 0 atom stereocenters. The number of benzene rings is 3. The molecule has 0 fully saturated rings. The molecule has 0 aliphatic heterocycles. The van der Waals surface area contributed by atoms with Gasteiger partial charge in [0.05, 0.1) is 17.0 Å². The van der Waals surface area contributed by atoms with Crippen molar-refractivity contribution in [1.82, 2.24) is 5.32 Å². The lowest BCUT2D eigenvalue weighted by Gasteiger charge is -2.11. The smallest absolute Gasteiger partial charge is 0.251 e. The van der Waals surface area contributed by atoms with Gasteiger partial charge in [-0.25, -0.2) is 8.42 Å². The lowest BCUT2D eigenvalue weighted by Crippen LogP contribution is -2.23. The minimum Gasteiger partial charge on any atom is -0.457 e. The molecule has 0 bridgehead atoms. The van der Waals surface area contributed by atoms with Crippen LogP contribution in [0.1, 0.15) is 15.9 Å². The van der Waals surface area contributed by atoms with E-state index in [1.54, 1.807) is 0 Å². The van der Waals surface area contributed by atoms with Crippen LogP contribution in [0.25, 0.3) is 0 Å². The zero-order valence-corrected chi connectivity index (χ0v) is 17.1. The van der Waals surface area contributed by atoms with Crippen molar-refractivity contribution >= 4 is 33.2 Å².